The van der Waals surface area contributed by atoms with Crippen molar-refractivity contribution in [1.29, 1.82) is 0 Å². The second-order valence-corrected chi connectivity index (χ2v) is 5.03. The fourth-order valence-electron chi connectivity index (χ4n) is 1.54. The molecule has 2 nitrogen and oxygen atoms in total. The maximum atomic E-state index is 11.6. The fourth-order valence-corrected chi connectivity index (χ4v) is 1.54. The Hall–Kier alpha value is -1.18. The minimum absolute atomic E-state index is 0.0787. The van der Waals surface area contributed by atoms with E-state index in [1.807, 2.05) is 52.0 Å². The molecule has 0 saturated carbocycles. The first-order valence-electron chi connectivity index (χ1n) is 6.22. The van der Waals surface area contributed by atoms with Crippen molar-refractivity contribution in [2.75, 3.05) is 0 Å². The summed E-state index contributed by atoms with van der Waals surface area (Å²) in [6, 6.07) is 0. The summed E-state index contributed by atoms with van der Waals surface area (Å²) in [5.41, 5.74) is -0.203. The van der Waals surface area contributed by atoms with Gasteiger partial charge in [0.1, 0.15) is 12.1 Å². The van der Waals surface area contributed by atoms with Crippen LogP contribution in [0.25, 0.3) is 0 Å². The molecule has 96 valence electrons. The van der Waals surface area contributed by atoms with Gasteiger partial charge in [-0.05, 0) is 18.8 Å². The molecule has 0 aromatic heterocycles. The number of hydrogen-bond acceptors (Lipinski definition) is 2. The third kappa shape index (κ3) is 6.88. The van der Waals surface area contributed by atoms with Gasteiger partial charge in [-0.1, -0.05) is 45.1 Å². The van der Waals surface area contributed by atoms with Gasteiger partial charge in [0.15, 0.2) is 0 Å². The lowest BCUT2D eigenvalue weighted by molar-refractivity contribution is -0.122. The van der Waals surface area contributed by atoms with E-state index in [4.69, 9.17) is 0 Å². The zero-order valence-electron chi connectivity index (χ0n) is 11.4. The third-order valence-electron chi connectivity index (χ3n) is 2.94. The van der Waals surface area contributed by atoms with Gasteiger partial charge in [0, 0.05) is 18.8 Å². The molecule has 17 heavy (non-hydrogen) atoms. The molecule has 0 spiro atoms. The van der Waals surface area contributed by atoms with Crippen LogP contribution in [-0.4, -0.2) is 12.1 Å². The van der Waals surface area contributed by atoms with Gasteiger partial charge < -0.3 is 4.79 Å². The first-order chi connectivity index (χ1) is 7.95. The number of aldehydes is 1. The van der Waals surface area contributed by atoms with E-state index in [9.17, 15) is 9.59 Å². The Balaban J connectivity index is 4.50. The number of carbonyl (C=O) groups excluding carboxylic acids is 2. The van der Waals surface area contributed by atoms with Crippen LogP contribution >= 0.6 is 0 Å². The molecule has 0 amide bonds. The van der Waals surface area contributed by atoms with Crippen molar-refractivity contribution in [2.24, 2.45) is 11.3 Å². The third-order valence-corrected chi connectivity index (χ3v) is 2.94. The highest BCUT2D eigenvalue weighted by atomic mass is 16.1. The van der Waals surface area contributed by atoms with Crippen molar-refractivity contribution >= 4 is 12.1 Å². The highest BCUT2D eigenvalue weighted by molar-refractivity contribution is 5.80. The van der Waals surface area contributed by atoms with Crippen LogP contribution in [0.4, 0.5) is 0 Å². The maximum absolute atomic E-state index is 11.6. The molecule has 0 aliphatic rings. The van der Waals surface area contributed by atoms with Crippen LogP contribution in [0.5, 0.6) is 0 Å². The highest BCUT2D eigenvalue weighted by Gasteiger charge is 2.22. The molecule has 0 fully saturated rings. The number of allylic oxidation sites excluding steroid dienone is 4. The molecule has 0 aliphatic heterocycles. The van der Waals surface area contributed by atoms with Crippen molar-refractivity contribution in [3.05, 3.63) is 24.3 Å². The van der Waals surface area contributed by atoms with E-state index in [2.05, 4.69) is 0 Å². The van der Waals surface area contributed by atoms with E-state index in [1.165, 1.54) is 0 Å². The van der Waals surface area contributed by atoms with Crippen LogP contribution < -0.4 is 0 Å². The Morgan fingerprint density at radius 3 is 2.41 bits per heavy atom. The summed E-state index contributed by atoms with van der Waals surface area (Å²) in [7, 11) is 0. The van der Waals surface area contributed by atoms with Gasteiger partial charge in [-0.15, -0.1) is 0 Å². The predicted molar refractivity (Wildman–Crippen MR) is 71.8 cm³/mol. The lowest BCUT2D eigenvalue weighted by atomic mass is 9.81. The Morgan fingerprint density at radius 1 is 1.29 bits per heavy atom. The summed E-state index contributed by atoms with van der Waals surface area (Å²) in [5, 5.41) is 0. The van der Waals surface area contributed by atoms with Gasteiger partial charge >= 0.3 is 0 Å². The van der Waals surface area contributed by atoms with Crippen LogP contribution in [0.2, 0.25) is 0 Å². The van der Waals surface area contributed by atoms with Crippen molar-refractivity contribution in [1.82, 2.24) is 0 Å². The van der Waals surface area contributed by atoms with Gasteiger partial charge in [0.25, 0.3) is 0 Å². The molecule has 0 aromatic rings. The molecular weight excluding hydrogens is 212 g/mol. The number of Topliss-reactive ketones (excluding diaryl/α,β-unsaturated/α-hetero) is 1. The van der Waals surface area contributed by atoms with Crippen molar-refractivity contribution in [3.63, 3.8) is 0 Å². The monoisotopic (exact) mass is 236 g/mol. The normalized spacial score (nSPS) is 15.6. The smallest absolute Gasteiger partial charge is 0.135 e. The zero-order valence-corrected chi connectivity index (χ0v) is 11.4. The molecule has 2 heteroatoms. The van der Waals surface area contributed by atoms with E-state index in [0.717, 1.165) is 12.7 Å². The summed E-state index contributed by atoms with van der Waals surface area (Å²) in [6.45, 7) is 7.79. The molecule has 0 N–H and O–H groups in total. The quantitative estimate of drug-likeness (QED) is 0.475. The van der Waals surface area contributed by atoms with E-state index in [1.54, 1.807) is 0 Å². The first-order valence-corrected chi connectivity index (χ1v) is 6.22. The summed E-state index contributed by atoms with van der Waals surface area (Å²) in [6.07, 6.45) is 10.5. The molecule has 0 rings (SSSR count). The largest absolute Gasteiger partial charge is 0.303 e. The molecule has 0 radical (unpaired) electrons. The standard InChI is InChI=1S/C15H24O2/c1-5-6-7-9-15(4,11-12-16)10-8-14(17)13(2)3/h5-7,9,12-13H,8,10-11H2,1-4H3/b6-5+,9-7+/t15-/m1/s1. The van der Waals surface area contributed by atoms with E-state index < -0.39 is 0 Å². The number of rotatable bonds is 8. The van der Waals surface area contributed by atoms with Crippen LogP contribution in [0, 0.1) is 11.3 Å². The van der Waals surface area contributed by atoms with E-state index in [-0.39, 0.29) is 17.1 Å². The number of ketones is 1. The highest BCUT2D eigenvalue weighted by Crippen LogP contribution is 2.29. The summed E-state index contributed by atoms with van der Waals surface area (Å²) in [4.78, 5) is 22.3. The minimum atomic E-state index is -0.203. The van der Waals surface area contributed by atoms with Crippen LogP contribution in [-0.2, 0) is 9.59 Å². The van der Waals surface area contributed by atoms with Crippen molar-refractivity contribution in [3.8, 4) is 0 Å². The molecule has 0 bridgehead atoms. The fraction of sp³-hybridized carbons (Fsp3) is 0.600. The Kier molecular flexibility index (Phi) is 7.44. The Bertz CT molecular complexity index is 300. The maximum Gasteiger partial charge on any atom is 0.135 e. The number of carbonyl (C=O) groups is 2. The second-order valence-electron chi connectivity index (χ2n) is 5.03. The molecular formula is C15H24O2. The summed E-state index contributed by atoms with van der Waals surface area (Å²) >= 11 is 0. The minimum Gasteiger partial charge on any atom is -0.303 e. The van der Waals surface area contributed by atoms with Crippen LogP contribution in [0.1, 0.15) is 47.0 Å². The Morgan fingerprint density at radius 2 is 1.94 bits per heavy atom. The Labute approximate surface area is 105 Å². The van der Waals surface area contributed by atoms with Crippen molar-refractivity contribution < 1.29 is 9.59 Å². The van der Waals surface area contributed by atoms with Gasteiger partial charge in [-0.25, -0.2) is 0 Å². The van der Waals surface area contributed by atoms with E-state index >= 15 is 0 Å². The van der Waals surface area contributed by atoms with Crippen LogP contribution in [0.3, 0.4) is 0 Å². The molecule has 0 unspecified atom stereocenters. The van der Waals surface area contributed by atoms with Gasteiger partial charge in [-0.2, -0.15) is 0 Å². The molecule has 0 saturated heterocycles. The molecule has 0 aliphatic carbocycles. The molecule has 0 aromatic carbocycles. The van der Waals surface area contributed by atoms with E-state index in [0.29, 0.717) is 12.8 Å². The van der Waals surface area contributed by atoms with Gasteiger partial charge in [0.05, 0.1) is 0 Å². The lowest BCUT2D eigenvalue weighted by Gasteiger charge is -2.23. The lowest BCUT2D eigenvalue weighted by Crippen LogP contribution is -2.17. The molecule has 1 atom stereocenters. The summed E-state index contributed by atoms with van der Waals surface area (Å²) in [5.74, 6) is 0.344. The second kappa shape index (κ2) is 7.99. The molecule has 0 heterocycles. The topological polar surface area (TPSA) is 34.1 Å². The average Bonchev–Trinajstić information content (AvgIpc) is 2.26. The van der Waals surface area contributed by atoms with Crippen molar-refractivity contribution in [2.45, 2.75) is 47.0 Å². The van der Waals surface area contributed by atoms with Gasteiger partial charge in [0.2, 0.25) is 0 Å². The zero-order chi connectivity index (χ0) is 13.3. The predicted octanol–water partition coefficient (Wildman–Crippen LogP) is 3.72. The summed E-state index contributed by atoms with van der Waals surface area (Å²) < 4.78 is 0. The average molecular weight is 236 g/mol. The van der Waals surface area contributed by atoms with Crippen LogP contribution in [0.15, 0.2) is 24.3 Å². The SMILES string of the molecule is C/C=C/C=C/[C@@](C)(CC=O)CCC(=O)C(C)C. The van der Waals surface area contributed by atoms with Gasteiger partial charge in [-0.3, -0.25) is 4.79 Å². The first kappa shape index (κ1) is 15.8. The number of hydrogen-bond donors (Lipinski definition) is 0.